The van der Waals surface area contributed by atoms with E-state index in [0.29, 0.717) is 6.42 Å². The molecule has 0 aliphatic rings. The Morgan fingerprint density at radius 3 is 2.73 bits per heavy atom. The van der Waals surface area contributed by atoms with Gasteiger partial charge in [-0.05, 0) is 54.8 Å². The van der Waals surface area contributed by atoms with Crippen LogP contribution in [0.5, 0.6) is 0 Å². The van der Waals surface area contributed by atoms with Crippen molar-refractivity contribution in [3.05, 3.63) is 69.3 Å². The molecule has 3 rings (SSSR count). The number of aryl methyl sites for hydroxylation is 1. The summed E-state index contributed by atoms with van der Waals surface area (Å²) in [6.45, 7) is 3.45. The average molecular weight is 419 g/mol. The van der Waals surface area contributed by atoms with Crippen LogP contribution in [-0.2, 0) is 6.42 Å². The van der Waals surface area contributed by atoms with Crippen LogP contribution < -0.4 is 0 Å². The van der Waals surface area contributed by atoms with Crippen molar-refractivity contribution in [1.29, 1.82) is 0 Å². The van der Waals surface area contributed by atoms with E-state index < -0.39 is 18.5 Å². The predicted molar refractivity (Wildman–Crippen MR) is 103 cm³/mol. The van der Waals surface area contributed by atoms with Gasteiger partial charge in [-0.2, -0.15) is 0 Å². The van der Waals surface area contributed by atoms with Crippen LogP contribution in [0.15, 0.2) is 41.0 Å². The molecule has 0 radical (unpaired) electrons. The molecule has 2 unspecified atom stereocenters. The van der Waals surface area contributed by atoms with Crippen LogP contribution in [0.25, 0.3) is 10.9 Å². The zero-order valence-corrected chi connectivity index (χ0v) is 16.2. The van der Waals surface area contributed by atoms with Crippen LogP contribution in [0.4, 0.5) is 4.39 Å². The summed E-state index contributed by atoms with van der Waals surface area (Å²) >= 11 is 3.50. The van der Waals surface area contributed by atoms with Crippen molar-refractivity contribution in [3.63, 3.8) is 0 Å². The predicted octanol–water partition coefficient (Wildman–Crippen LogP) is 4.21. The third-order valence-corrected chi connectivity index (χ3v) is 5.04. The van der Waals surface area contributed by atoms with Gasteiger partial charge in [-0.3, -0.25) is 9.97 Å². The lowest BCUT2D eigenvalue weighted by Crippen LogP contribution is -2.11. The summed E-state index contributed by atoms with van der Waals surface area (Å²) in [5.41, 5.74) is 3.58. The van der Waals surface area contributed by atoms with E-state index in [0.717, 1.165) is 26.5 Å². The summed E-state index contributed by atoms with van der Waals surface area (Å²) in [7, 11) is 0. The van der Waals surface area contributed by atoms with E-state index in [-0.39, 0.29) is 17.3 Å². The average Bonchev–Trinajstić information content (AvgIpc) is 2.63. The molecule has 0 aliphatic carbocycles. The molecule has 0 bridgehead atoms. The Morgan fingerprint density at radius 1 is 1.23 bits per heavy atom. The van der Waals surface area contributed by atoms with Crippen LogP contribution in [0.2, 0.25) is 0 Å². The molecule has 0 saturated heterocycles. The second-order valence-corrected chi connectivity index (χ2v) is 7.40. The minimum absolute atomic E-state index is 0.205. The van der Waals surface area contributed by atoms with E-state index in [2.05, 4.69) is 25.9 Å². The van der Waals surface area contributed by atoms with Crippen molar-refractivity contribution in [3.8, 4) is 0 Å². The van der Waals surface area contributed by atoms with Gasteiger partial charge in [-0.15, -0.1) is 0 Å². The molecule has 0 aliphatic heterocycles. The molecule has 26 heavy (non-hydrogen) atoms. The highest BCUT2D eigenvalue weighted by Crippen LogP contribution is 2.30. The van der Waals surface area contributed by atoms with Crippen LogP contribution in [0, 0.1) is 12.7 Å². The number of rotatable bonds is 5. The molecule has 0 fully saturated rings. The Kier molecular flexibility index (Phi) is 5.65. The van der Waals surface area contributed by atoms with Gasteiger partial charge in [-0.1, -0.05) is 22.9 Å². The highest BCUT2D eigenvalue weighted by Gasteiger charge is 2.19. The fraction of sp³-hybridized carbons (Fsp3) is 0.300. The van der Waals surface area contributed by atoms with Crippen LogP contribution in [0.1, 0.15) is 41.5 Å². The molecule has 0 amide bonds. The molecule has 0 spiro atoms. The fourth-order valence-corrected chi connectivity index (χ4v) is 3.45. The van der Waals surface area contributed by atoms with Crippen molar-refractivity contribution in [2.75, 3.05) is 6.61 Å². The Bertz CT molecular complexity index is 943. The first-order chi connectivity index (χ1) is 12.4. The molecule has 0 saturated carbocycles. The standard InChI is InChI=1S/C20H20BrFN2O2/c1-11(20-16(22)4-6-18(24-20)19(26)10-25)7-14-12(2)9-23-17-5-3-13(21)8-15(14)17/h3-6,8-9,11,19,25-26H,7,10H2,1-2H3. The quantitative estimate of drug-likeness (QED) is 0.650. The van der Waals surface area contributed by atoms with E-state index in [1.807, 2.05) is 38.2 Å². The summed E-state index contributed by atoms with van der Waals surface area (Å²) in [6, 6.07) is 8.60. The summed E-state index contributed by atoms with van der Waals surface area (Å²) < 4.78 is 15.3. The third-order valence-electron chi connectivity index (χ3n) is 4.54. The maximum absolute atomic E-state index is 14.3. The number of benzene rings is 1. The molecule has 136 valence electrons. The topological polar surface area (TPSA) is 66.2 Å². The Labute approximate surface area is 159 Å². The summed E-state index contributed by atoms with van der Waals surface area (Å²) in [5, 5.41) is 19.9. The molecule has 4 nitrogen and oxygen atoms in total. The third kappa shape index (κ3) is 3.77. The number of aromatic nitrogens is 2. The van der Waals surface area contributed by atoms with Gasteiger partial charge < -0.3 is 10.2 Å². The number of pyridine rings is 2. The van der Waals surface area contributed by atoms with Gasteiger partial charge in [0, 0.05) is 22.0 Å². The maximum atomic E-state index is 14.3. The number of aliphatic hydroxyl groups is 2. The van der Waals surface area contributed by atoms with Gasteiger partial charge >= 0.3 is 0 Å². The minimum Gasteiger partial charge on any atom is -0.393 e. The second-order valence-electron chi connectivity index (χ2n) is 6.49. The lowest BCUT2D eigenvalue weighted by Gasteiger charge is -2.17. The lowest BCUT2D eigenvalue weighted by molar-refractivity contribution is 0.0919. The van der Waals surface area contributed by atoms with E-state index in [1.54, 1.807) is 0 Å². The normalized spacial score (nSPS) is 13.8. The van der Waals surface area contributed by atoms with Crippen molar-refractivity contribution >= 4 is 26.8 Å². The van der Waals surface area contributed by atoms with Gasteiger partial charge in [0.15, 0.2) is 0 Å². The Morgan fingerprint density at radius 2 is 2.00 bits per heavy atom. The van der Waals surface area contributed by atoms with E-state index in [9.17, 15) is 9.50 Å². The number of hydrogen-bond acceptors (Lipinski definition) is 4. The van der Waals surface area contributed by atoms with Crippen molar-refractivity contribution in [2.45, 2.75) is 32.3 Å². The molecule has 3 aromatic rings. The maximum Gasteiger partial charge on any atom is 0.144 e. The number of aliphatic hydroxyl groups excluding tert-OH is 2. The minimum atomic E-state index is -1.11. The molecular weight excluding hydrogens is 399 g/mol. The zero-order chi connectivity index (χ0) is 18.8. The molecule has 6 heteroatoms. The summed E-state index contributed by atoms with van der Waals surface area (Å²) in [5.74, 6) is -0.618. The number of fused-ring (bicyclic) bond motifs is 1. The lowest BCUT2D eigenvalue weighted by atomic mass is 9.92. The van der Waals surface area contributed by atoms with E-state index in [1.165, 1.54) is 12.1 Å². The van der Waals surface area contributed by atoms with Crippen molar-refractivity contribution in [1.82, 2.24) is 9.97 Å². The number of nitrogens with zero attached hydrogens (tertiary/aromatic N) is 2. The van der Waals surface area contributed by atoms with E-state index >= 15 is 0 Å². The monoisotopic (exact) mass is 418 g/mol. The second kappa shape index (κ2) is 7.78. The number of halogens is 2. The summed E-state index contributed by atoms with van der Waals surface area (Å²) in [6.07, 6.45) is 1.30. The first-order valence-corrected chi connectivity index (χ1v) is 9.19. The van der Waals surface area contributed by atoms with Crippen molar-refractivity contribution < 1.29 is 14.6 Å². The van der Waals surface area contributed by atoms with Crippen LogP contribution in [-0.4, -0.2) is 26.8 Å². The highest BCUT2D eigenvalue weighted by atomic mass is 79.9. The van der Waals surface area contributed by atoms with Gasteiger partial charge in [-0.25, -0.2) is 4.39 Å². The van der Waals surface area contributed by atoms with Gasteiger partial charge in [0.2, 0.25) is 0 Å². The Hall–Kier alpha value is -1.89. The molecule has 1 aromatic carbocycles. The first kappa shape index (κ1) is 18.9. The van der Waals surface area contributed by atoms with Gasteiger partial charge in [0.25, 0.3) is 0 Å². The summed E-state index contributed by atoms with van der Waals surface area (Å²) in [4.78, 5) is 8.71. The molecular formula is C20H20BrFN2O2. The van der Waals surface area contributed by atoms with Crippen molar-refractivity contribution in [2.24, 2.45) is 0 Å². The molecule has 2 N–H and O–H groups in total. The number of hydrogen-bond donors (Lipinski definition) is 2. The largest absolute Gasteiger partial charge is 0.393 e. The smallest absolute Gasteiger partial charge is 0.144 e. The Balaban J connectivity index is 2.01. The molecule has 2 heterocycles. The van der Waals surface area contributed by atoms with Gasteiger partial charge in [0.05, 0.1) is 23.5 Å². The highest BCUT2D eigenvalue weighted by molar-refractivity contribution is 9.10. The van der Waals surface area contributed by atoms with Crippen LogP contribution in [0.3, 0.4) is 0 Å². The molecule has 2 atom stereocenters. The first-order valence-electron chi connectivity index (χ1n) is 8.39. The van der Waals surface area contributed by atoms with Crippen LogP contribution >= 0.6 is 15.9 Å². The fourth-order valence-electron chi connectivity index (χ4n) is 3.09. The van der Waals surface area contributed by atoms with E-state index in [4.69, 9.17) is 5.11 Å². The zero-order valence-electron chi connectivity index (χ0n) is 14.6. The molecule has 2 aromatic heterocycles. The van der Waals surface area contributed by atoms with Gasteiger partial charge in [0.1, 0.15) is 11.9 Å². The SMILES string of the molecule is Cc1cnc2ccc(Br)cc2c1CC(C)c1nc(C(O)CO)ccc1F.